The van der Waals surface area contributed by atoms with E-state index in [4.69, 9.17) is 11.6 Å². The van der Waals surface area contributed by atoms with Crippen LogP contribution in [-0.4, -0.2) is 4.57 Å². The first-order valence-corrected chi connectivity index (χ1v) is 4.68. The van der Waals surface area contributed by atoms with Crippen molar-refractivity contribution in [1.29, 1.82) is 0 Å². The minimum atomic E-state index is -0.219. The van der Waals surface area contributed by atoms with E-state index < -0.39 is 0 Å². The molecule has 14 heavy (non-hydrogen) atoms. The highest BCUT2D eigenvalue weighted by Crippen LogP contribution is 2.15. The largest absolute Gasteiger partial charge is 0.350 e. The highest BCUT2D eigenvalue weighted by molar-refractivity contribution is 6.30. The summed E-state index contributed by atoms with van der Waals surface area (Å²) in [4.78, 5) is 0. The SMILES string of the molecule is Fc1ccc(Cl)cc1Cn1cccc1. The number of rotatable bonds is 2. The standard InChI is InChI=1S/C11H9ClFN/c12-10-3-4-11(13)9(7-10)8-14-5-1-2-6-14/h1-7H,8H2. The van der Waals surface area contributed by atoms with Crippen molar-refractivity contribution in [2.45, 2.75) is 6.54 Å². The maximum Gasteiger partial charge on any atom is 0.128 e. The van der Waals surface area contributed by atoms with Gasteiger partial charge in [-0.05, 0) is 30.3 Å². The first kappa shape index (κ1) is 9.28. The molecule has 2 rings (SSSR count). The first-order valence-electron chi connectivity index (χ1n) is 4.30. The van der Waals surface area contributed by atoms with Crippen molar-refractivity contribution in [1.82, 2.24) is 4.57 Å². The number of nitrogens with zero attached hydrogens (tertiary/aromatic N) is 1. The third-order valence-electron chi connectivity index (χ3n) is 2.03. The molecule has 0 N–H and O–H groups in total. The van der Waals surface area contributed by atoms with Crippen molar-refractivity contribution >= 4 is 11.6 Å². The van der Waals surface area contributed by atoms with E-state index in [1.54, 1.807) is 12.1 Å². The molecule has 0 fully saturated rings. The van der Waals surface area contributed by atoms with Gasteiger partial charge in [0, 0.05) is 29.5 Å². The van der Waals surface area contributed by atoms with Crippen LogP contribution in [0.1, 0.15) is 5.56 Å². The molecular weight excluding hydrogens is 201 g/mol. The van der Waals surface area contributed by atoms with Crippen LogP contribution in [0.25, 0.3) is 0 Å². The summed E-state index contributed by atoms with van der Waals surface area (Å²) in [7, 11) is 0. The number of halogens is 2. The molecule has 1 aromatic heterocycles. The molecular formula is C11H9ClFN. The molecule has 0 unspecified atom stereocenters. The molecule has 0 atom stereocenters. The van der Waals surface area contributed by atoms with E-state index in [0.717, 1.165) is 0 Å². The summed E-state index contributed by atoms with van der Waals surface area (Å²) in [5.41, 5.74) is 0.605. The van der Waals surface area contributed by atoms with E-state index in [9.17, 15) is 4.39 Å². The van der Waals surface area contributed by atoms with Crippen LogP contribution in [0.3, 0.4) is 0 Å². The van der Waals surface area contributed by atoms with Gasteiger partial charge in [-0.25, -0.2) is 4.39 Å². The number of benzene rings is 1. The highest BCUT2D eigenvalue weighted by atomic mass is 35.5. The molecule has 0 amide bonds. The van der Waals surface area contributed by atoms with Gasteiger partial charge in [-0.1, -0.05) is 11.6 Å². The maximum atomic E-state index is 13.3. The van der Waals surface area contributed by atoms with Crippen LogP contribution in [0.15, 0.2) is 42.7 Å². The average molecular weight is 210 g/mol. The highest BCUT2D eigenvalue weighted by Gasteiger charge is 2.02. The Hall–Kier alpha value is -1.28. The lowest BCUT2D eigenvalue weighted by Crippen LogP contribution is -1.98. The van der Waals surface area contributed by atoms with Gasteiger partial charge in [0.15, 0.2) is 0 Å². The lowest BCUT2D eigenvalue weighted by Gasteiger charge is -2.04. The molecule has 0 radical (unpaired) electrons. The Balaban J connectivity index is 2.28. The lowest BCUT2D eigenvalue weighted by atomic mass is 10.2. The Morgan fingerprint density at radius 2 is 1.93 bits per heavy atom. The summed E-state index contributed by atoms with van der Waals surface area (Å²) in [5.74, 6) is -0.219. The van der Waals surface area contributed by atoms with E-state index >= 15 is 0 Å². The number of hydrogen-bond donors (Lipinski definition) is 0. The van der Waals surface area contributed by atoms with Gasteiger partial charge in [-0.2, -0.15) is 0 Å². The van der Waals surface area contributed by atoms with Gasteiger partial charge in [-0.15, -0.1) is 0 Å². The fourth-order valence-electron chi connectivity index (χ4n) is 1.34. The summed E-state index contributed by atoms with van der Waals surface area (Å²) in [5, 5.41) is 0.563. The van der Waals surface area contributed by atoms with Crippen LogP contribution < -0.4 is 0 Å². The van der Waals surface area contributed by atoms with Crippen molar-refractivity contribution in [3.8, 4) is 0 Å². The van der Waals surface area contributed by atoms with Gasteiger partial charge in [0.2, 0.25) is 0 Å². The summed E-state index contributed by atoms with van der Waals surface area (Å²) in [6, 6.07) is 8.40. The molecule has 0 spiro atoms. The van der Waals surface area contributed by atoms with Crippen LogP contribution in [0.5, 0.6) is 0 Å². The molecule has 0 saturated carbocycles. The number of aromatic nitrogens is 1. The van der Waals surface area contributed by atoms with E-state index in [1.807, 2.05) is 29.1 Å². The molecule has 1 heterocycles. The van der Waals surface area contributed by atoms with Gasteiger partial charge in [0.05, 0.1) is 0 Å². The van der Waals surface area contributed by atoms with E-state index in [1.165, 1.54) is 6.07 Å². The van der Waals surface area contributed by atoms with Crippen LogP contribution in [0, 0.1) is 5.82 Å². The minimum Gasteiger partial charge on any atom is -0.350 e. The Kier molecular flexibility index (Phi) is 2.55. The molecule has 0 saturated heterocycles. The molecule has 0 aliphatic rings. The fraction of sp³-hybridized carbons (Fsp3) is 0.0909. The smallest absolute Gasteiger partial charge is 0.128 e. The molecule has 2 aromatic rings. The minimum absolute atomic E-state index is 0.219. The summed E-state index contributed by atoms with van der Waals surface area (Å²) < 4.78 is 15.2. The van der Waals surface area contributed by atoms with Crippen molar-refractivity contribution < 1.29 is 4.39 Å². The normalized spacial score (nSPS) is 10.4. The van der Waals surface area contributed by atoms with Gasteiger partial charge >= 0.3 is 0 Å². The molecule has 0 aliphatic heterocycles. The summed E-state index contributed by atoms with van der Waals surface area (Å²) in [6.45, 7) is 0.513. The van der Waals surface area contributed by atoms with E-state index in [-0.39, 0.29) is 5.82 Å². The predicted octanol–water partition coefficient (Wildman–Crippen LogP) is 3.33. The third-order valence-corrected chi connectivity index (χ3v) is 2.26. The number of hydrogen-bond acceptors (Lipinski definition) is 0. The van der Waals surface area contributed by atoms with Gasteiger partial charge < -0.3 is 4.57 Å². The molecule has 72 valence electrons. The molecule has 1 aromatic carbocycles. The zero-order chi connectivity index (χ0) is 9.97. The van der Waals surface area contributed by atoms with Gasteiger partial charge in [-0.3, -0.25) is 0 Å². The average Bonchev–Trinajstić information content (AvgIpc) is 2.64. The summed E-state index contributed by atoms with van der Waals surface area (Å²) in [6.07, 6.45) is 3.78. The third kappa shape index (κ3) is 1.96. The zero-order valence-corrected chi connectivity index (χ0v) is 8.21. The second kappa shape index (κ2) is 3.84. The van der Waals surface area contributed by atoms with Crippen LogP contribution in [0.4, 0.5) is 4.39 Å². The van der Waals surface area contributed by atoms with Gasteiger partial charge in [0.25, 0.3) is 0 Å². The van der Waals surface area contributed by atoms with Crippen molar-refractivity contribution in [2.75, 3.05) is 0 Å². The zero-order valence-electron chi connectivity index (χ0n) is 7.45. The fourth-order valence-corrected chi connectivity index (χ4v) is 1.53. The molecule has 1 nitrogen and oxygen atoms in total. The first-order chi connectivity index (χ1) is 6.75. The van der Waals surface area contributed by atoms with Gasteiger partial charge in [0.1, 0.15) is 5.82 Å². The Labute approximate surface area is 86.7 Å². The summed E-state index contributed by atoms with van der Waals surface area (Å²) >= 11 is 5.78. The quantitative estimate of drug-likeness (QED) is 0.715. The Morgan fingerprint density at radius 3 is 2.64 bits per heavy atom. The van der Waals surface area contributed by atoms with Crippen molar-refractivity contribution in [3.05, 3.63) is 59.1 Å². The second-order valence-corrected chi connectivity index (χ2v) is 3.53. The van der Waals surface area contributed by atoms with Crippen LogP contribution >= 0.6 is 11.6 Å². The predicted molar refractivity (Wildman–Crippen MR) is 54.9 cm³/mol. The van der Waals surface area contributed by atoms with Crippen molar-refractivity contribution in [2.24, 2.45) is 0 Å². The molecule has 0 aliphatic carbocycles. The van der Waals surface area contributed by atoms with Crippen molar-refractivity contribution in [3.63, 3.8) is 0 Å². The second-order valence-electron chi connectivity index (χ2n) is 3.09. The monoisotopic (exact) mass is 209 g/mol. The maximum absolute atomic E-state index is 13.3. The van der Waals surface area contributed by atoms with E-state index in [0.29, 0.717) is 17.1 Å². The Bertz CT molecular complexity index is 423. The van der Waals surface area contributed by atoms with Crippen LogP contribution in [0.2, 0.25) is 5.02 Å². The van der Waals surface area contributed by atoms with Crippen LogP contribution in [-0.2, 0) is 6.54 Å². The van der Waals surface area contributed by atoms with E-state index in [2.05, 4.69) is 0 Å². The Morgan fingerprint density at radius 1 is 1.21 bits per heavy atom. The molecule has 0 bridgehead atoms. The topological polar surface area (TPSA) is 4.93 Å². The lowest BCUT2D eigenvalue weighted by molar-refractivity contribution is 0.600. The molecule has 3 heteroatoms.